The third kappa shape index (κ3) is 2.36. The monoisotopic (exact) mass is 248 g/mol. The topological polar surface area (TPSA) is 9.23 Å². The van der Waals surface area contributed by atoms with Crippen LogP contribution in [0.25, 0.3) is 0 Å². The lowest BCUT2D eigenvalue weighted by Crippen LogP contribution is -1.82. The second-order valence-corrected chi connectivity index (χ2v) is 3.79. The Balaban J connectivity index is 2.19. The summed E-state index contributed by atoms with van der Waals surface area (Å²) in [6, 6.07) is 17.5. The average molecular weight is 249 g/mol. The summed E-state index contributed by atoms with van der Waals surface area (Å²) in [6.07, 6.45) is 0. The molecule has 0 amide bonds. The molecule has 0 spiro atoms. The second-order valence-electron chi connectivity index (χ2n) is 2.87. The Labute approximate surface area is 91.5 Å². The summed E-state index contributed by atoms with van der Waals surface area (Å²) in [4.78, 5) is 0. The molecule has 2 rings (SSSR count). The van der Waals surface area contributed by atoms with Crippen molar-refractivity contribution in [3.05, 3.63) is 59.1 Å². The molecule has 0 bridgehead atoms. The van der Waals surface area contributed by atoms with Crippen molar-refractivity contribution in [2.75, 3.05) is 0 Å². The Morgan fingerprint density at radius 2 is 1.50 bits per heavy atom. The van der Waals surface area contributed by atoms with E-state index in [1.54, 1.807) is 0 Å². The predicted octanol–water partition coefficient (Wildman–Crippen LogP) is 4.24. The van der Waals surface area contributed by atoms with Crippen LogP contribution in [-0.4, -0.2) is 0 Å². The van der Waals surface area contributed by atoms with E-state index in [0.29, 0.717) is 0 Å². The van der Waals surface area contributed by atoms with E-state index in [9.17, 15) is 0 Å². The van der Waals surface area contributed by atoms with E-state index in [0.717, 1.165) is 16.0 Å². The first-order valence-electron chi connectivity index (χ1n) is 4.33. The highest BCUT2D eigenvalue weighted by molar-refractivity contribution is 9.10. The molecule has 0 atom stereocenters. The second kappa shape index (κ2) is 4.29. The molecule has 0 radical (unpaired) electrons. The maximum absolute atomic E-state index is 5.63. The fraction of sp³-hybridized carbons (Fsp3) is 0. The normalized spacial score (nSPS) is 9.79. The molecule has 0 aliphatic rings. The lowest BCUT2D eigenvalue weighted by atomic mass is 10.3. The summed E-state index contributed by atoms with van der Waals surface area (Å²) in [7, 11) is 0. The van der Waals surface area contributed by atoms with Crippen molar-refractivity contribution in [2.45, 2.75) is 0 Å². The third-order valence-electron chi connectivity index (χ3n) is 1.77. The summed E-state index contributed by atoms with van der Waals surface area (Å²) in [6.45, 7) is 0. The van der Waals surface area contributed by atoms with Gasteiger partial charge in [0.2, 0.25) is 0 Å². The zero-order chi connectivity index (χ0) is 9.80. The van der Waals surface area contributed by atoms with Crippen molar-refractivity contribution in [3.8, 4) is 11.5 Å². The summed E-state index contributed by atoms with van der Waals surface area (Å²) < 4.78 is 6.65. The first kappa shape index (κ1) is 9.28. The van der Waals surface area contributed by atoms with Crippen LogP contribution in [0.4, 0.5) is 0 Å². The quantitative estimate of drug-likeness (QED) is 0.773. The first-order valence-corrected chi connectivity index (χ1v) is 5.12. The van der Waals surface area contributed by atoms with Gasteiger partial charge in [-0.05, 0) is 30.3 Å². The van der Waals surface area contributed by atoms with E-state index in [-0.39, 0.29) is 0 Å². The zero-order valence-corrected chi connectivity index (χ0v) is 9.07. The Kier molecular flexibility index (Phi) is 2.84. The highest BCUT2D eigenvalue weighted by atomic mass is 79.9. The van der Waals surface area contributed by atoms with Crippen molar-refractivity contribution in [1.82, 2.24) is 0 Å². The molecule has 0 aliphatic heterocycles. The van der Waals surface area contributed by atoms with Gasteiger partial charge in [0.15, 0.2) is 0 Å². The number of rotatable bonds is 2. The van der Waals surface area contributed by atoms with Crippen molar-refractivity contribution in [3.63, 3.8) is 0 Å². The molecule has 2 heteroatoms. The molecule has 0 saturated heterocycles. The van der Waals surface area contributed by atoms with Crippen LogP contribution in [0.1, 0.15) is 0 Å². The molecular formula is C12H9BrO. The maximum atomic E-state index is 5.63. The first-order chi connectivity index (χ1) is 6.84. The number of ether oxygens (including phenoxy) is 1. The summed E-state index contributed by atoms with van der Waals surface area (Å²) >= 11 is 3.40. The van der Waals surface area contributed by atoms with Crippen LogP contribution in [0.3, 0.4) is 0 Å². The minimum absolute atomic E-state index is 0.838. The Hall–Kier alpha value is -1.28. The van der Waals surface area contributed by atoms with Gasteiger partial charge in [-0.15, -0.1) is 0 Å². The summed E-state index contributed by atoms with van der Waals surface area (Å²) in [5, 5.41) is 0. The molecule has 0 aromatic heterocycles. The molecule has 0 fully saturated rings. The molecule has 0 heterocycles. The molecule has 0 aliphatic carbocycles. The van der Waals surface area contributed by atoms with Gasteiger partial charge in [0.05, 0.1) is 0 Å². The number of halogens is 1. The van der Waals surface area contributed by atoms with Gasteiger partial charge in [0, 0.05) is 4.47 Å². The lowest BCUT2D eigenvalue weighted by Gasteiger charge is -2.04. The minimum atomic E-state index is 0.838. The number of hydrogen-bond acceptors (Lipinski definition) is 1. The highest BCUT2D eigenvalue weighted by Gasteiger charge is 1.95. The van der Waals surface area contributed by atoms with Gasteiger partial charge >= 0.3 is 0 Å². The van der Waals surface area contributed by atoms with Gasteiger partial charge in [-0.3, -0.25) is 0 Å². The molecule has 2 aromatic rings. The largest absolute Gasteiger partial charge is 0.457 e. The van der Waals surface area contributed by atoms with E-state index in [1.165, 1.54) is 0 Å². The van der Waals surface area contributed by atoms with E-state index >= 15 is 0 Å². The molecule has 2 aromatic carbocycles. The molecule has 0 saturated carbocycles. The fourth-order valence-corrected chi connectivity index (χ4v) is 1.53. The van der Waals surface area contributed by atoms with Crippen LogP contribution in [0, 0.1) is 0 Å². The molecule has 70 valence electrons. The van der Waals surface area contributed by atoms with Crippen molar-refractivity contribution in [1.29, 1.82) is 0 Å². The van der Waals surface area contributed by atoms with E-state index < -0.39 is 0 Å². The van der Waals surface area contributed by atoms with Crippen LogP contribution in [0.15, 0.2) is 59.1 Å². The third-order valence-corrected chi connectivity index (χ3v) is 2.27. The SMILES string of the molecule is Brc1cccc(Oc2ccccc2)c1. The Morgan fingerprint density at radius 3 is 2.21 bits per heavy atom. The van der Waals surface area contributed by atoms with Gasteiger partial charge < -0.3 is 4.74 Å². The smallest absolute Gasteiger partial charge is 0.128 e. The predicted molar refractivity (Wildman–Crippen MR) is 60.7 cm³/mol. The van der Waals surface area contributed by atoms with Gasteiger partial charge in [0.1, 0.15) is 11.5 Å². The zero-order valence-electron chi connectivity index (χ0n) is 7.48. The van der Waals surface area contributed by atoms with E-state index in [2.05, 4.69) is 15.9 Å². The lowest BCUT2D eigenvalue weighted by molar-refractivity contribution is 0.482. The minimum Gasteiger partial charge on any atom is -0.457 e. The maximum Gasteiger partial charge on any atom is 0.128 e. The molecule has 14 heavy (non-hydrogen) atoms. The van der Waals surface area contributed by atoms with Crippen molar-refractivity contribution >= 4 is 15.9 Å². The average Bonchev–Trinajstić information content (AvgIpc) is 2.19. The van der Waals surface area contributed by atoms with Crippen LogP contribution >= 0.6 is 15.9 Å². The van der Waals surface area contributed by atoms with Gasteiger partial charge in [0.25, 0.3) is 0 Å². The van der Waals surface area contributed by atoms with Crippen molar-refractivity contribution in [2.24, 2.45) is 0 Å². The van der Waals surface area contributed by atoms with Crippen LogP contribution in [0.5, 0.6) is 11.5 Å². The molecule has 0 unspecified atom stereocenters. The van der Waals surface area contributed by atoms with Gasteiger partial charge in [-0.2, -0.15) is 0 Å². The molecule has 1 nitrogen and oxygen atoms in total. The Bertz CT molecular complexity index is 412. The van der Waals surface area contributed by atoms with Crippen LogP contribution < -0.4 is 4.74 Å². The van der Waals surface area contributed by atoms with Gasteiger partial charge in [-0.1, -0.05) is 40.2 Å². The van der Waals surface area contributed by atoms with Gasteiger partial charge in [-0.25, -0.2) is 0 Å². The van der Waals surface area contributed by atoms with E-state index in [4.69, 9.17) is 4.74 Å². The summed E-state index contributed by atoms with van der Waals surface area (Å²) in [5.74, 6) is 1.69. The van der Waals surface area contributed by atoms with Crippen molar-refractivity contribution < 1.29 is 4.74 Å². The summed E-state index contributed by atoms with van der Waals surface area (Å²) in [5.41, 5.74) is 0. The van der Waals surface area contributed by atoms with Crippen LogP contribution in [-0.2, 0) is 0 Å². The standard InChI is InChI=1S/C12H9BrO/c13-10-5-4-8-12(9-10)14-11-6-2-1-3-7-11/h1-9H. The Morgan fingerprint density at radius 1 is 0.786 bits per heavy atom. The molecular weight excluding hydrogens is 240 g/mol. The fourth-order valence-electron chi connectivity index (χ4n) is 1.16. The number of para-hydroxylation sites is 1. The van der Waals surface area contributed by atoms with Crippen LogP contribution in [0.2, 0.25) is 0 Å². The number of benzene rings is 2. The highest BCUT2D eigenvalue weighted by Crippen LogP contribution is 2.23. The molecule has 0 N–H and O–H groups in total. The van der Waals surface area contributed by atoms with E-state index in [1.807, 2.05) is 54.6 Å². The number of hydrogen-bond donors (Lipinski definition) is 0.